The summed E-state index contributed by atoms with van der Waals surface area (Å²) in [7, 11) is 0. The van der Waals surface area contributed by atoms with Gasteiger partial charge < -0.3 is 9.64 Å². The molecule has 0 unspecified atom stereocenters. The highest BCUT2D eigenvalue weighted by molar-refractivity contribution is 5.60. The van der Waals surface area contributed by atoms with Gasteiger partial charge >= 0.3 is 6.18 Å². The van der Waals surface area contributed by atoms with Gasteiger partial charge in [-0.05, 0) is 31.5 Å². The molecule has 0 amide bonds. The number of ether oxygens (including phenoxy) is 1. The number of benzene rings is 1. The van der Waals surface area contributed by atoms with Gasteiger partial charge in [-0.1, -0.05) is 19.4 Å². The molecular weight excluding hydrogens is 345 g/mol. The molecule has 8 heteroatoms. The molecular formula is C18H19F3N4O. The van der Waals surface area contributed by atoms with E-state index in [0.29, 0.717) is 24.2 Å². The minimum absolute atomic E-state index is 0.0853. The van der Waals surface area contributed by atoms with Gasteiger partial charge in [-0.25, -0.2) is 4.98 Å². The standard InChI is InChI=1S/C18H19F3N4O/c1-3-5-9-26-16-15(18(19,20)21)12-23-17(24-16)25(4-2)14-8-6-7-13(10-14)11-22/h6-8,10,12H,3-5,9H2,1-2H3. The van der Waals surface area contributed by atoms with Crippen molar-refractivity contribution in [2.75, 3.05) is 18.1 Å². The van der Waals surface area contributed by atoms with E-state index in [2.05, 4.69) is 9.97 Å². The average molecular weight is 364 g/mol. The molecule has 1 aromatic carbocycles. The molecule has 0 saturated heterocycles. The first-order valence-corrected chi connectivity index (χ1v) is 8.25. The fourth-order valence-corrected chi connectivity index (χ4v) is 2.29. The minimum Gasteiger partial charge on any atom is -0.477 e. The van der Waals surface area contributed by atoms with Gasteiger partial charge in [0, 0.05) is 18.4 Å². The van der Waals surface area contributed by atoms with Crippen LogP contribution in [0.5, 0.6) is 5.88 Å². The molecule has 0 atom stereocenters. The molecule has 0 bridgehead atoms. The molecule has 0 saturated carbocycles. The maximum absolute atomic E-state index is 13.2. The summed E-state index contributed by atoms with van der Waals surface area (Å²) in [5.74, 6) is -0.395. The molecule has 26 heavy (non-hydrogen) atoms. The molecule has 2 rings (SSSR count). The predicted octanol–water partition coefficient (Wildman–Crippen LogP) is 4.70. The highest BCUT2D eigenvalue weighted by Crippen LogP contribution is 2.36. The second-order valence-corrected chi connectivity index (χ2v) is 5.49. The van der Waals surface area contributed by atoms with Crippen LogP contribution in [0.1, 0.15) is 37.8 Å². The third kappa shape index (κ3) is 4.63. The van der Waals surface area contributed by atoms with Crippen LogP contribution in [0.4, 0.5) is 24.8 Å². The first-order chi connectivity index (χ1) is 12.4. The maximum atomic E-state index is 13.2. The fraction of sp³-hybridized carbons (Fsp3) is 0.389. The van der Waals surface area contributed by atoms with Crippen LogP contribution in [0, 0.1) is 11.3 Å². The Bertz CT molecular complexity index is 787. The number of unbranched alkanes of at least 4 members (excludes halogenated alkanes) is 1. The number of hydrogen-bond acceptors (Lipinski definition) is 5. The summed E-state index contributed by atoms with van der Waals surface area (Å²) < 4.78 is 44.8. The largest absolute Gasteiger partial charge is 0.477 e. The van der Waals surface area contributed by atoms with Crippen LogP contribution >= 0.6 is 0 Å². The van der Waals surface area contributed by atoms with E-state index in [1.54, 1.807) is 29.2 Å². The van der Waals surface area contributed by atoms with Crippen molar-refractivity contribution >= 4 is 11.6 Å². The van der Waals surface area contributed by atoms with E-state index in [-0.39, 0.29) is 12.6 Å². The van der Waals surface area contributed by atoms with Crippen LogP contribution in [-0.4, -0.2) is 23.1 Å². The molecule has 1 heterocycles. The maximum Gasteiger partial charge on any atom is 0.423 e. The Kier molecular flexibility index (Phi) is 6.39. The lowest BCUT2D eigenvalue weighted by molar-refractivity contribution is -0.139. The molecule has 2 aromatic rings. The van der Waals surface area contributed by atoms with Crippen molar-refractivity contribution in [2.45, 2.75) is 32.9 Å². The van der Waals surface area contributed by atoms with Gasteiger partial charge in [0.25, 0.3) is 0 Å². The van der Waals surface area contributed by atoms with E-state index in [1.807, 2.05) is 19.9 Å². The van der Waals surface area contributed by atoms with Crippen LogP contribution in [0.2, 0.25) is 0 Å². The van der Waals surface area contributed by atoms with Crippen molar-refractivity contribution in [3.05, 3.63) is 41.6 Å². The zero-order valence-electron chi connectivity index (χ0n) is 14.5. The smallest absolute Gasteiger partial charge is 0.423 e. The number of alkyl halides is 3. The van der Waals surface area contributed by atoms with Crippen molar-refractivity contribution in [2.24, 2.45) is 0 Å². The molecule has 0 fully saturated rings. The highest BCUT2D eigenvalue weighted by Gasteiger charge is 2.36. The van der Waals surface area contributed by atoms with Crippen LogP contribution in [0.3, 0.4) is 0 Å². The zero-order chi connectivity index (χ0) is 19.2. The van der Waals surface area contributed by atoms with Crippen LogP contribution in [-0.2, 0) is 6.18 Å². The predicted molar refractivity (Wildman–Crippen MR) is 91.3 cm³/mol. The summed E-state index contributed by atoms with van der Waals surface area (Å²) >= 11 is 0. The summed E-state index contributed by atoms with van der Waals surface area (Å²) in [4.78, 5) is 9.49. The second-order valence-electron chi connectivity index (χ2n) is 5.49. The summed E-state index contributed by atoms with van der Waals surface area (Å²) in [5, 5.41) is 9.03. The first-order valence-electron chi connectivity index (χ1n) is 8.25. The first kappa shape index (κ1) is 19.5. The van der Waals surface area contributed by atoms with E-state index in [9.17, 15) is 13.2 Å². The molecule has 0 radical (unpaired) electrons. The van der Waals surface area contributed by atoms with Gasteiger partial charge in [0.1, 0.15) is 5.56 Å². The third-order valence-electron chi connectivity index (χ3n) is 3.63. The number of nitrogens with zero attached hydrogens (tertiary/aromatic N) is 4. The Morgan fingerprint density at radius 2 is 2.04 bits per heavy atom. The molecule has 0 spiro atoms. The lowest BCUT2D eigenvalue weighted by Gasteiger charge is -2.22. The Morgan fingerprint density at radius 3 is 2.65 bits per heavy atom. The van der Waals surface area contributed by atoms with Crippen LogP contribution < -0.4 is 9.64 Å². The van der Waals surface area contributed by atoms with E-state index < -0.39 is 17.6 Å². The van der Waals surface area contributed by atoms with Crippen molar-refractivity contribution < 1.29 is 17.9 Å². The number of nitriles is 1. The Hall–Kier alpha value is -2.82. The van der Waals surface area contributed by atoms with Crippen molar-refractivity contribution in [1.29, 1.82) is 5.26 Å². The number of hydrogen-bond donors (Lipinski definition) is 0. The normalized spacial score (nSPS) is 11.1. The molecule has 0 aliphatic carbocycles. The summed E-state index contributed by atoms with van der Waals surface area (Å²) in [6.07, 6.45) is -2.45. The summed E-state index contributed by atoms with van der Waals surface area (Å²) in [6.45, 7) is 4.29. The third-order valence-corrected chi connectivity index (χ3v) is 3.63. The number of aromatic nitrogens is 2. The average Bonchev–Trinajstić information content (AvgIpc) is 2.62. The number of halogens is 3. The summed E-state index contributed by atoms with van der Waals surface area (Å²) in [5.41, 5.74) is 0.0530. The number of anilines is 2. The zero-order valence-corrected chi connectivity index (χ0v) is 14.5. The van der Waals surface area contributed by atoms with Gasteiger partial charge in [0.2, 0.25) is 11.8 Å². The van der Waals surface area contributed by atoms with E-state index in [4.69, 9.17) is 10.00 Å². The van der Waals surface area contributed by atoms with Gasteiger partial charge in [0.15, 0.2) is 0 Å². The summed E-state index contributed by atoms with van der Waals surface area (Å²) in [6, 6.07) is 8.73. The quantitative estimate of drug-likeness (QED) is 0.666. The van der Waals surface area contributed by atoms with Crippen LogP contribution in [0.25, 0.3) is 0 Å². The Labute approximate surface area is 150 Å². The second kappa shape index (κ2) is 8.52. The molecule has 0 aliphatic heterocycles. The molecule has 138 valence electrons. The van der Waals surface area contributed by atoms with Crippen molar-refractivity contribution in [3.8, 4) is 11.9 Å². The van der Waals surface area contributed by atoms with E-state index in [0.717, 1.165) is 12.6 Å². The van der Waals surface area contributed by atoms with E-state index >= 15 is 0 Å². The van der Waals surface area contributed by atoms with Gasteiger partial charge in [-0.2, -0.15) is 23.4 Å². The Morgan fingerprint density at radius 1 is 1.27 bits per heavy atom. The highest BCUT2D eigenvalue weighted by atomic mass is 19.4. The van der Waals surface area contributed by atoms with Crippen molar-refractivity contribution in [3.63, 3.8) is 0 Å². The molecule has 0 N–H and O–H groups in total. The topological polar surface area (TPSA) is 62.0 Å². The molecule has 1 aromatic heterocycles. The molecule has 5 nitrogen and oxygen atoms in total. The van der Waals surface area contributed by atoms with Gasteiger partial charge in [-0.3, -0.25) is 0 Å². The number of rotatable bonds is 7. The minimum atomic E-state index is -4.60. The lowest BCUT2D eigenvalue weighted by Crippen LogP contribution is -2.21. The fourth-order valence-electron chi connectivity index (χ4n) is 2.29. The van der Waals surface area contributed by atoms with Gasteiger partial charge in [0.05, 0.1) is 18.2 Å². The van der Waals surface area contributed by atoms with E-state index in [1.165, 1.54) is 0 Å². The van der Waals surface area contributed by atoms with Crippen LogP contribution in [0.15, 0.2) is 30.5 Å². The molecule has 0 aliphatic rings. The SMILES string of the molecule is CCCCOc1nc(N(CC)c2cccc(C#N)c2)ncc1C(F)(F)F. The van der Waals surface area contributed by atoms with Crippen molar-refractivity contribution in [1.82, 2.24) is 9.97 Å². The lowest BCUT2D eigenvalue weighted by atomic mass is 10.2. The van der Waals surface area contributed by atoms with Gasteiger partial charge in [-0.15, -0.1) is 0 Å². The Balaban J connectivity index is 2.43. The monoisotopic (exact) mass is 364 g/mol.